The standard InChI is InChI=1S/C22H26N2O5/c1-28-22(29-2)17-11-6-5-10-16(17)21(26)24(19-13-8-7-12-18(19)22)15-9-3-4-14-20(25)23-27/h5-8,10-13,27H,3-4,9,14-15H2,1-2H3,(H,23,25). The zero-order valence-corrected chi connectivity index (χ0v) is 16.7. The molecule has 2 N–H and O–H groups in total. The van der Waals surface area contributed by atoms with Crippen LogP contribution in [-0.4, -0.2) is 37.8 Å². The van der Waals surface area contributed by atoms with E-state index in [1.807, 2.05) is 42.5 Å². The van der Waals surface area contributed by atoms with Crippen LogP contribution in [0.3, 0.4) is 0 Å². The average Bonchev–Trinajstić information content (AvgIpc) is 2.85. The van der Waals surface area contributed by atoms with Gasteiger partial charge < -0.3 is 14.4 Å². The molecule has 2 aromatic rings. The second-order valence-electron chi connectivity index (χ2n) is 6.89. The summed E-state index contributed by atoms with van der Waals surface area (Å²) < 4.78 is 11.7. The maximum atomic E-state index is 13.5. The van der Waals surface area contributed by atoms with Crippen molar-refractivity contribution in [2.75, 3.05) is 25.7 Å². The molecule has 0 unspecified atom stereocenters. The lowest BCUT2D eigenvalue weighted by Gasteiger charge is -2.33. The van der Waals surface area contributed by atoms with Crippen molar-refractivity contribution >= 4 is 17.5 Å². The number of anilines is 1. The number of carbonyl (C=O) groups is 2. The topological polar surface area (TPSA) is 88.1 Å². The maximum absolute atomic E-state index is 13.5. The summed E-state index contributed by atoms with van der Waals surface area (Å²) in [5, 5.41) is 8.58. The molecule has 2 aromatic carbocycles. The number of para-hydroxylation sites is 1. The van der Waals surface area contributed by atoms with E-state index in [0.717, 1.165) is 17.7 Å². The molecule has 1 aliphatic heterocycles. The molecule has 0 radical (unpaired) electrons. The number of carbonyl (C=O) groups excluding carboxylic acids is 2. The first kappa shape index (κ1) is 21.0. The van der Waals surface area contributed by atoms with Crippen LogP contribution in [0.1, 0.15) is 47.2 Å². The highest BCUT2D eigenvalue weighted by atomic mass is 16.7. The first-order chi connectivity index (χ1) is 14.1. The molecule has 0 aromatic heterocycles. The molecule has 0 aliphatic carbocycles. The van der Waals surface area contributed by atoms with Gasteiger partial charge in [-0.3, -0.25) is 14.8 Å². The SMILES string of the molecule is COC1(OC)c2ccccc2C(=O)N(CCCCCC(=O)NO)c2ccccc21. The van der Waals surface area contributed by atoms with Crippen LogP contribution in [0.4, 0.5) is 5.69 Å². The molecule has 0 spiro atoms. The lowest BCUT2D eigenvalue weighted by Crippen LogP contribution is -2.33. The number of nitrogens with zero attached hydrogens (tertiary/aromatic N) is 1. The summed E-state index contributed by atoms with van der Waals surface area (Å²) in [7, 11) is 3.15. The Kier molecular flexibility index (Phi) is 6.64. The quantitative estimate of drug-likeness (QED) is 0.309. The van der Waals surface area contributed by atoms with Crippen molar-refractivity contribution < 1.29 is 24.3 Å². The minimum atomic E-state index is -1.18. The van der Waals surface area contributed by atoms with E-state index in [1.165, 1.54) is 0 Å². The van der Waals surface area contributed by atoms with Crippen LogP contribution in [0.25, 0.3) is 0 Å². The van der Waals surface area contributed by atoms with Crippen LogP contribution in [-0.2, 0) is 20.1 Å². The summed E-state index contributed by atoms with van der Waals surface area (Å²) in [6, 6.07) is 14.9. The van der Waals surface area contributed by atoms with Crippen molar-refractivity contribution in [2.45, 2.75) is 31.5 Å². The van der Waals surface area contributed by atoms with E-state index in [-0.39, 0.29) is 12.3 Å². The molecule has 1 aliphatic rings. The Bertz CT molecular complexity index is 879. The largest absolute Gasteiger partial charge is 0.345 e. The zero-order valence-electron chi connectivity index (χ0n) is 16.7. The van der Waals surface area contributed by atoms with E-state index in [2.05, 4.69) is 0 Å². The number of hydrogen-bond donors (Lipinski definition) is 2. The Morgan fingerprint density at radius 2 is 1.66 bits per heavy atom. The lowest BCUT2D eigenvalue weighted by atomic mass is 9.93. The fraction of sp³-hybridized carbons (Fsp3) is 0.364. The van der Waals surface area contributed by atoms with Crippen molar-refractivity contribution in [3.05, 3.63) is 65.2 Å². The van der Waals surface area contributed by atoms with Gasteiger partial charge in [0.05, 0.1) is 5.69 Å². The first-order valence-corrected chi connectivity index (χ1v) is 9.63. The number of amides is 2. The van der Waals surface area contributed by atoms with E-state index in [4.69, 9.17) is 14.7 Å². The summed E-state index contributed by atoms with van der Waals surface area (Å²) >= 11 is 0. The van der Waals surface area contributed by atoms with E-state index in [9.17, 15) is 9.59 Å². The summed E-state index contributed by atoms with van der Waals surface area (Å²) in [6.07, 6.45) is 2.35. The number of benzene rings is 2. The maximum Gasteiger partial charge on any atom is 0.258 e. The molecule has 1 heterocycles. The zero-order chi connectivity index (χ0) is 20.9. The minimum absolute atomic E-state index is 0.114. The highest BCUT2D eigenvalue weighted by Gasteiger charge is 2.44. The second-order valence-corrected chi connectivity index (χ2v) is 6.89. The van der Waals surface area contributed by atoms with E-state index >= 15 is 0 Å². The summed E-state index contributed by atoms with van der Waals surface area (Å²) in [4.78, 5) is 26.4. The van der Waals surface area contributed by atoms with Gasteiger partial charge in [0, 0.05) is 43.9 Å². The van der Waals surface area contributed by atoms with E-state index in [1.54, 1.807) is 30.7 Å². The van der Waals surface area contributed by atoms with Crippen molar-refractivity contribution in [2.24, 2.45) is 0 Å². The number of hydroxylamine groups is 1. The Labute approximate surface area is 170 Å². The summed E-state index contributed by atoms with van der Waals surface area (Å²) in [6.45, 7) is 0.494. The van der Waals surface area contributed by atoms with Gasteiger partial charge in [0.15, 0.2) is 0 Å². The van der Waals surface area contributed by atoms with E-state index in [0.29, 0.717) is 30.5 Å². The van der Waals surface area contributed by atoms with Crippen LogP contribution in [0.2, 0.25) is 0 Å². The Hall–Kier alpha value is -2.74. The Balaban J connectivity index is 1.95. The van der Waals surface area contributed by atoms with Gasteiger partial charge >= 0.3 is 0 Å². The van der Waals surface area contributed by atoms with Crippen molar-refractivity contribution in [3.8, 4) is 0 Å². The predicted octanol–water partition coefficient (Wildman–Crippen LogP) is 3.21. The van der Waals surface area contributed by atoms with Gasteiger partial charge in [0.1, 0.15) is 0 Å². The third-order valence-electron chi connectivity index (χ3n) is 5.29. The average molecular weight is 398 g/mol. The number of fused-ring (bicyclic) bond motifs is 2. The number of methoxy groups -OCH3 is 2. The molecular formula is C22H26N2O5. The number of ether oxygens (including phenoxy) is 2. The van der Waals surface area contributed by atoms with Crippen LogP contribution < -0.4 is 10.4 Å². The number of nitrogens with one attached hydrogen (secondary N) is 1. The third-order valence-corrected chi connectivity index (χ3v) is 5.29. The summed E-state index contributed by atoms with van der Waals surface area (Å²) in [5.74, 6) is -1.70. The lowest BCUT2D eigenvalue weighted by molar-refractivity contribution is -0.183. The van der Waals surface area contributed by atoms with Gasteiger partial charge in [-0.25, -0.2) is 5.48 Å². The fourth-order valence-electron chi connectivity index (χ4n) is 3.88. The van der Waals surface area contributed by atoms with E-state index < -0.39 is 11.7 Å². The van der Waals surface area contributed by atoms with Crippen LogP contribution in [0, 0.1) is 0 Å². The van der Waals surface area contributed by atoms with Gasteiger partial charge in [-0.05, 0) is 25.0 Å². The molecule has 0 saturated heterocycles. The van der Waals surface area contributed by atoms with Gasteiger partial charge in [-0.1, -0.05) is 42.8 Å². The molecule has 2 amide bonds. The molecule has 3 rings (SSSR count). The van der Waals surface area contributed by atoms with Crippen molar-refractivity contribution in [3.63, 3.8) is 0 Å². The molecule has 154 valence electrons. The fourth-order valence-corrected chi connectivity index (χ4v) is 3.88. The molecule has 29 heavy (non-hydrogen) atoms. The van der Waals surface area contributed by atoms with Gasteiger partial charge in [0.25, 0.3) is 5.91 Å². The molecule has 7 heteroatoms. The molecule has 7 nitrogen and oxygen atoms in total. The van der Waals surface area contributed by atoms with Crippen molar-refractivity contribution in [1.29, 1.82) is 0 Å². The van der Waals surface area contributed by atoms with Crippen LogP contribution >= 0.6 is 0 Å². The molecule has 0 atom stereocenters. The first-order valence-electron chi connectivity index (χ1n) is 9.63. The Morgan fingerprint density at radius 3 is 2.34 bits per heavy atom. The highest BCUT2D eigenvalue weighted by molar-refractivity contribution is 6.09. The second kappa shape index (κ2) is 9.17. The molecule has 0 fully saturated rings. The number of rotatable bonds is 8. The van der Waals surface area contributed by atoms with Crippen LogP contribution in [0.5, 0.6) is 0 Å². The number of unbranched alkanes of at least 4 members (excludes halogenated alkanes) is 2. The Morgan fingerprint density at radius 1 is 1.00 bits per heavy atom. The van der Waals surface area contributed by atoms with Crippen LogP contribution in [0.15, 0.2) is 48.5 Å². The van der Waals surface area contributed by atoms with Gasteiger partial charge in [-0.15, -0.1) is 0 Å². The summed E-state index contributed by atoms with van der Waals surface area (Å²) in [5.41, 5.74) is 4.35. The molecule has 0 bridgehead atoms. The number of hydrogen-bond acceptors (Lipinski definition) is 5. The minimum Gasteiger partial charge on any atom is -0.345 e. The highest BCUT2D eigenvalue weighted by Crippen LogP contribution is 2.44. The molecule has 0 saturated carbocycles. The third kappa shape index (κ3) is 3.89. The monoisotopic (exact) mass is 398 g/mol. The molecular weight excluding hydrogens is 372 g/mol. The predicted molar refractivity (Wildman–Crippen MR) is 108 cm³/mol. The smallest absolute Gasteiger partial charge is 0.258 e. The normalized spacial score (nSPS) is 14.7. The van der Waals surface area contributed by atoms with Gasteiger partial charge in [-0.2, -0.15) is 0 Å². The van der Waals surface area contributed by atoms with Gasteiger partial charge in [0.2, 0.25) is 11.7 Å². The van der Waals surface area contributed by atoms with Crippen molar-refractivity contribution in [1.82, 2.24) is 5.48 Å².